The van der Waals surface area contributed by atoms with Crippen LogP contribution >= 0.6 is 0 Å². The van der Waals surface area contributed by atoms with Crippen LogP contribution < -0.4 is 10.1 Å². The van der Waals surface area contributed by atoms with Crippen molar-refractivity contribution >= 4 is 12.0 Å². The van der Waals surface area contributed by atoms with E-state index in [2.05, 4.69) is 11.9 Å². The molecule has 1 aliphatic rings. The lowest BCUT2D eigenvalue weighted by atomic mass is 9.97. The monoisotopic (exact) mass is 318 g/mol. The van der Waals surface area contributed by atoms with Gasteiger partial charge in [-0.2, -0.15) is 0 Å². The summed E-state index contributed by atoms with van der Waals surface area (Å²) in [4.78, 5) is 24.7. The van der Waals surface area contributed by atoms with Crippen LogP contribution in [-0.4, -0.2) is 41.7 Å². The van der Waals surface area contributed by atoms with Crippen molar-refractivity contribution in [1.29, 1.82) is 0 Å². The van der Waals surface area contributed by atoms with Gasteiger partial charge in [-0.25, -0.2) is 4.79 Å². The number of carbonyl (C=O) groups is 2. The predicted octanol–water partition coefficient (Wildman–Crippen LogP) is 2.26. The summed E-state index contributed by atoms with van der Waals surface area (Å²) in [5.41, 5.74) is 0.977. The summed E-state index contributed by atoms with van der Waals surface area (Å²) in [5.74, 6) is -0.346. The minimum Gasteiger partial charge on any atom is -0.490 e. The van der Waals surface area contributed by atoms with Gasteiger partial charge in [0.05, 0.1) is 5.92 Å². The van der Waals surface area contributed by atoms with Crippen molar-refractivity contribution in [1.82, 2.24) is 10.2 Å². The number of likely N-dealkylation sites (tertiary alicyclic amines) is 1. The highest BCUT2D eigenvalue weighted by Gasteiger charge is 2.26. The molecule has 124 valence electrons. The van der Waals surface area contributed by atoms with Crippen LogP contribution in [0, 0.1) is 5.92 Å². The van der Waals surface area contributed by atoms with Crippen LogP contribution in [0.1, 0.15) is 18.4 Å². The number of rotatable bonds is 6. The molecule has 1 aromatic rings. The normalized spacial score (nSPS) is 15.0. The fourth-order valence-corrected chi connectivity index (χ4v) is 2.48. The Morgan fingerprint density at radius 2 is 1.96 bits per heavy atom. The van der Waals surface area contributed by atoms with Gasteiger partial charge >= 0.3 is 12.0 Å². The van der Waals surface area contributed by atoms with Gasteiger partial charge in [-0.3, -0.25) is 4.79 Å². The van der Waals surface area contributed by atoms with Crippen LogP contribution in [0.5, 0.6) is 5.75 Å². The number of nitrogens with one attached hydrogen (secondary N) is 1. The highest BCUT2D eigenvalue weighted by molar-refractivity contribution is 5.75. The molecule has 0 radical (unpaired) electrons. The molecular formula is C17H22N2O4. The summed E-state index contributed by atoms with van der Waals surface area (Å²) in [6, 6.07) is 7.35. The molecule has 1 aromatic carbocycles. The molecule has 2 rings (SSSR count). The zero-order valence-corrected chi connectivity index (χ0v) is 13.0. The van der Waals surface area contributed by atoms with Crippen molar-refractivity contribution < 1.29 is 19.4 Å². The topological polar surface area (TPSA) is 78.9 Å². The second-order valence-corrected chi connectivity index (χ2v) is 5.50. The number of nitrogens with zero attached hydrogens (tertiary/aromatic N) is 1. The second kappa shape index (κ2) is 8.22. The zero-order chi connectivity index (χ0) is 16.7. The van der Waals surface area contributed by atoms with Crippen LogP contribution in [0.25, 0.3) is 0 Å². The van der Waals surface area contributed by atoms with Gasteiger partial charge in [0.15, 0.2) is 0 Å². The lowest BCUT2D eigenvalue weighted by molar-refractivity contribution is -0.143. The van der Waals surface area contributed by atoms with E-state index in [0.29, 0.717) is 39.1 Å². The van der Waals surface area contributed by atoms with Crippen LogP contribution in [0.3, 0.4) is 0 Å². The Balaban J connectivity index is 1.76. The molecule has 6 nitrogen and oxygen atoms in total. The number of aliphatic carboxylic acids is 1. The van der Waals surface area contributed by atoms with E-state index >= 15 is 0 Å². The highest BCUT2D eigenvalue weighted by atomic mass is 16.5. The molecule has 0 aromatic heterocycles. The average Bonchev–Trinajstić information content (AvgIpc) is 2.58. The van der Waals surface area contributed by atoms with E-state index in [1.165, 1.54) is 0 Å². The van der Waals surface area contributed by atoms with E-state index in [0.717, 1.165) is 11.3 Å². The first-order valence-electron chi connectivity index (χ1n) is 7.68. The molecule has 0 atom stereocenters. The van der Waals surface area contributed by atoms with Gasteiger partial charge in [0, 0.05) is 19.6 Å². The van der Waals surface area contributed by atoms with Gasteiger partial charge in [0.2, 0.25) is 0 Å². The fourth-order valence-electron chi connectivity index (χ4n) is 2.48. The number of carboxylic acid groups (broad SMARTS) is 1. The number of ether oxygens (including phenoxy) is 1. The Morgan fingerprint density at radius 3 is 2.52 bits per heavy atom. The maximum atomic E-state index is 12.1. The minimum atomic E-state index is -0.774. The van der Waals surface area contributed by atoms with E-state index < -0.39 is 5.97 Å². The van der Waals surface area contributed by atoms with Crippen LogP contribution in [0.4, 0.5) is 4.79 Å². The Kier molecular flexibility index (Phi) is 6.02. The molecule has 1 saturated heterocycles. The Bertz CT molecular complexity index is 548. The van der Waals surface area contributed by atoms with E-state index in [1.807, 2.05) is 24.3 Å². The van der Waals surface area contributed by atoms with Crippen molar-refractivity contribution in [3.8, 4) is 5.75 Å². The number of hydrogen-bond donors (Lipinski definition) is 2. The van der Waals surface area contributed by atoms with Crippen molar-refractivity contribution in [3.63, 3.8) is 0 Å². The molecule has 0 aliphatic carbocycles. The highest BCUT2D eigenvalue weighted by Crippen LogP contribution is 2.17. The van der Waals surface area contributed by atoms with Crippen molar-refractivity contribution in [2.24, 2.45) is 5.92 Å². The molecule has 0 bridgehead atoms. The third kappa shape index (κ3) is 5.02. The lowest BCUT2D eigenvalue weighted by Crippen LogP contribution is -2.45. The summed E-state index contributed by atoms with van der Waals surface area (Å²) < 4.78 is 5.40. The minimum absolute atomic E-state index is 0.152. The van der Waals surface area contributed by atoms with E-state index in [4.69, 9.17) is 9.84 Å². The van der Waals surface area contributed by atoms with Crippen LogP contribution in [-0.2, 0) is 11.3 Å². The molecular weight excluding hydrogens is 296 g/mol. The predicted molar refractivity (Wildman–Crippen MR) is 86.3 cm³/mol. The van der Waals surface area contributed by atoms with Gasteiger partial charge in [-0.05, 0) is 30.5 Å². The first-order valence-corrected chi connectivity index (χ1v) is 7.68. The van der Waals surface area contributed by atoms with E-state index in [9.17, 15) is 9.59 Å². The molecule has 0 saturated carbocycles. The fraction of sp³-hybridized carbons (Fsp3) is 0.412. The smallest absolute Gasteiger partial charge is 0.317 e. The van der Waals surface area contributed by atoms with Crippen LogP contribution in [0.15, 0.2) is 36.9 Å². The second-order valence-electron chi connectivity index (χ2n) is 5.50. The maximum Gasteiger partial charge on any atom is 0.317 e. The number of urea groups is 1. The standard InChI is InChI=1S/C17H22N2O4/c1-2-11-23-15-5-3-13(4-6-15)12-18-17(22)19-9-7-14(8-10-19)16(20)21/h2-6,14H,1,7-12H2,(H,18,22)(H,20,21). The number of amides is 2. The molecule has 1 fully saturated rings. The average molecular weight is 318 g/mol. The Labute approximate surface area is 135 Å². The largest absolute Gasteiger partial charge is 0.490 e. The molecule has 6 heteroatoms. The molecule has 1 aliphatic heterocycles. The summed E-state index contributed by atoms with van der Waals surface area (Å²) >= 11 is 0. The number of piperidine rings is 1. The summed E-state index contributed by atoms with van der Waals surface area (Å²) in [6.45, 7) is 5.45. The molecule has 0 spiro atoms. The van der Waals surface area contributed by atoms with Gasteiger partial charge in [0.25, 0.3) is 0 Å². The lowest BCUT2D eigenvalue weighted by Gasteiger charge is -2.30. The third-order valence-corrected chi connectivity index (χ3v) is 3.87. The molecule has 23 heavy (non-hydrogen) atoms. The van der Waals surface area contributed by atoms with Gasteiger partial charge < -0.3 is 20.1 Å². The van der Waals surface area contributed by atoms with Gasteiger partial charge in [0.1, 0.15) is 12.4 Å². The number of benzene rings is 1. The summed E-state index contributed by atoms with van der Waals surface area (Å²) in [7, 11) is 0. The zero-order valence-electron chi connectivity index (χ0n) is 13.0. The quantitative estimate of drug-likeness (QED) is 0.789. The molecule has 2 amide bonds. The van der Waals surface area contributed by atoms with Gasteiger partial charge in [-0.1, -0.05) is 24.8 Å². The maximum absolute atomic E-state index is 12.1. The first-order chi connectivity index (χ1) is 11.1. The Morgan fingerprint density at radius 1 is 1.30 bits per heavy atom. The Hall–Kier alpha value is -2.50. The first kappa shape index (κ1) is 16.9. The van der Waals surface area contributed by atoms with Crippen molar-refractivity contribution in [3.05, 3.63) is 42.5 Å². The van der Waals surface area contributed by atoms with Crippen molar-refractivity contribution in [2.75, 3.05) is 19.7 Å². The number of carboxylic acids is 1. The summed E-state index contributed by atoms with van der Waals surface area (Å²) in [6.07, 6.45) is 2.71. The van der Waals surface area contributed by atoms with Gasteiger partial charge in [-0.15, -0.1) is 0 Å². The van der Waals surface area contributed by atoms with Crippen LogP contribution in [0.2, 0.25) is 0 Å². The number of carbonyl (C=O) groups excluding carboxylic acids is 1. The molecule has 1 heterocycles. The van der Waals surface area contributed by atoms with Crippen molar-refractivity contribution in [2.45, 2.75) is 19.4 Å². The third-order valence-electron chi connectivity index (χ3n) is 3.87. The summed E-state index contributed by atoms with van der Waals surface area (Å²) in [5, 5.41) is 11.8. The molecule has 0 unspecified atom stereocenters. The SMILES string of the molecule is C=CCOc1ccc(CNC(=O)N2CCC(C(=O)O)CC2)cc1. The van der Waals surface area contributed by atoms with E-state index in [1.54, 1.807) is 11.0 Å². The molecule has 2 N–H and O–H groups in total. The van der Waals surface area contributed by atoms with E-state index in [-0.39, 0.29) is 11.9 Å². The number of hydrogen-bond acceptors (Lipinski definition) is 3.